The van der Waals surface area contributed by atoms with Gasteiger partial charge < -0.3 is 9.55 Å². The van der Waals surface area contributed by atoms with E-state index < -0.39 is 0 Å². The van der Waals surface area contributed by atoms with Crippen molar-refractivity contribution in [2.24, 2.45) is 5.92 Å². The second-order valence-corrected chi connectivity index (χ2v) is 12.1. The monoisotopic (exact) mass is 570 g/mol. The van der Waals surface area contributed by atoms with Gasteiger partial charge in [0, 0.05) is 38.3 Å². The Labute approximate surface area is 259 Å². The minimum atomic E-state index is 0.699. The van der Waals surface area contributed by atoms with E-state index in [-0.39, 0.29) is 0 Å². The Morgan fingerprint density at radius 1 is 0.568 bits per heavy atom. The zero-order valence-corrected chi connectivity index (χ0v) is 25.7. The third kappa shape index (κ3) is 5.29. The van der Waals surface area contributed by atoms with Crippen molar-refractivity contribution in [2.45, 2.75) is 33.6 Å². The number of nitrogens with zero attached hydrogens (tertiary/aromatic N) is 1. The molecule has 6 aromatic carbocycles. The molecule has 1 unspecified atom stereocenters. The van der Waals surface area contributed by atoms with Crippen LogP contribution in [0.1, 0.15) is 31.4 Å². The molecule has 0 radical (unpaired) electrons. The van der Waals surface area contributed by atoms with Crippen LogP contribution in [0.2, 0.25) is 0 Å². The largest absolute Gasteiger partial charge is 0.355 e. The zero-order chi connectivity index (χ0) is 30.0. The lowest BCUT2D eigenvalue weighted by Crippen LogP contribution is -2.00. The van der Waals surface area contributed by atoms with Crippen LogP contribution in [0, 0.1) is 12.8 Å². The average molecular weight is 571 g/mol. The molecule has 1 N–H and O–H groups in total. The number of benzene rings is 6. The number of aromatic nitrogens is 2. The molecule has 216 valence electrons. The first-order valence-electron chi connectivity index (χ1n) is 15.7. The summed E-state index contributed by atoms with van der Waals surface area (Å²) in [6.45, 7) is 6.76. The summed E-state index contributed by atoms with van der Waals surface area (Å²) in [7, 11) is 0. The molecule has 0 spiro atoms. The quantitative estimate of drug-likeness (QED) is 0.212. The molecule has 8 rings (SSSR count). The molecular weight excluding hydrogens is 532 g/mol. The normalized spacial score (nSPS) is 12.1. The van der Waals surface area contributed by atoms with Crippen molar-refractivity contribution in [3.63, 3.8) is 0 Å². The maximum atomic E-state index is 3.38. The van der Waals surface area contributed by atoms with Crippen molar-refractivity contribution in [1.82, 2.24) is 9.55 Å². The van der Waals surface area contributed by atoms with Gasteiger partial charge in [-0.25, -0.2) is 0 Å². The van der Waals surface area contributed by atoms with Crippen LogP contribution in [0.5, 0.6) is 0 Å². The Hall–Kier alpha value is -5.08. The predicted octanol–water partition coefficient (Wildman–Crippen LogP) is 11.7. The standard InChI is InChI=1S/C30H29N.C12H9N/c1-4-21(2)17-23-10-8-12-26(19-23)31-29-14-6-5-13-27(29)28-20-25(15-16-30(28)31)24-11-7-9-22(3)18-24;1-3-7-11-9(5-1)10-6-2-4-8-12(10)13-11/h5-16,18-21H,4,17H2,1-3H3;1-8,13H. The number of hydrogen-bond acceptors (Lipinski definition) is 0. The third-order valence-electron chi connectivity index (χ3n) is 8.89. The number of hydrogen-bond donors (Lipinski definition) is 1. The van der Waals surface area contributed by atoms with Crippen LogP contribution in [0.3, 0.4) is 0 Å². The molecule has 2 heteroatoms. The molecule has 2 aromatic heterocycles. The highest BCUT2D eigenvalue weighted by molar-refractivity contribution is 6.10. The number of para-hydroxylation sites is 3. The maximum absolute atomic E-state index is 3.38. The highest BCUT2D eigenvalue weighted by Crippen LogP contribution is 2.35. The van der Waals surface area contributed by atoms with Gasteiger partial charge >= 0.3 is 0 Å². The van der Waals surface area contributed by atoms with Crippen LogP contribution in [0.15, 0.2) is 140 Å². The molecule has 8 aromatic rings. The van der Waals surface area contributed by atoms with E-state index in [4.69, 9.17) is 0 Å². The smallest absolute Gasteiger partial charge is 0.0541 e. The fourth-order valence-electron chi connectivity index (χ4n) is 6.42. The SMILES string of the molecule is CCC(C)Cc1cccc(-n2c3ccccc3c3cc(-c4cccc(C)c4)ccc32)c1.c1ccc2c(c1)[nH]c1ccccc12. The van der Waals surface area contributed by atoms with Crippen LogP contribution >= 0.6 is 0 Å². The number of rotatable bonds is 5. The second-order valence-electron chi connectivity index (χ2n) is 12.1. The first kappa shape index (κ1) is 27.7. The summed E-state index contributed by atoms with van der Waals surface area (Å²) >= 11 is 0. The summed E-state index contributed by atoms with van der Waals surface area (Å²) in [5.41, 5.74) is 11.4. The van der Waals surface area contributed by atoms with Crippen molar-refractivity contribution in [1.29, 1.82) is 0 Å². The average Bonchev–Trinajstić information content (AvgIpc) is 3.61. The fourth-order valence-corrected chi connectivity index (χ4v) is 6.42. The summed E-state index contributed by atoms with van der Waals surface area (Å²) in [5, 5.41) is 5.22. The third-order valence-corrected chi connectivity index (χ3v) is 8.89. The highest BCUT2D eigenvalue weighted by atomic mass is 15.0. The minimum Gasteiger partial charge on any atom is -0.355 e. The maximum Gasteiger partial charge on any atom is 0.0541 e. The van der Waals surface area contributed by atoms with Gasteiger partial charge in [-0.15, -0.1) is 0 Å². The number of aromatic amines is 1. The first-order chi connectivity index (χ1) is 21.6. The van der Waals surface area contributed by atoms with Gasteiger partial charge in [-0.3, -0.25) is 0 Å². The van der Waals surface area contributed by atoms with E-state index in [1.165, 1.54) is 78.0 Å². The molecule has 2 nitrogen and oxygen atoms in total. The molecule has 1 atom stereocenters. The van der Waals surface area contributed by atoms with Crippen LogP contribution in [-0.4, -0.2) is 9.55 Å². The van der Waals surface area contributed by atoms with Crippen molar-refractivity contribution in [3.8, 4) is 16.8 Å². The van der Waals surface area contributed by atoms with Crippen molar-refractivity contribution < 1.29 is 0 Å². The van der Waals surface area contributed by atoms with Gasteiger partial charge in [-0.05, 0) is 78.4 Å². The van der Waals surface area contributed by atoms with Gasteiger partial charge in [0.2, 0.25) is 0 Å². The van der Waals surface area contributed by atoms with E-state index >= 15 is 0 Å². The van der Waals surface area contributed by atoms with E-state index in [0.29, 0.717) is 5.92 Å². The minimum absolute atomic E-state index is 0.699. The van der Waals surface area contributed by atoms with Crippen LogP contribution in [0.4, 0.5) is 0 Å². The molecule has 0 saturated carbocycles. The van der Waals surface area contributed by atoms with E-state index in [9.17, 15) is 0 Å². The molecule has 0 aliphatic carbocycles. The lowest BCUT2D eigenvalue weighted by atomic mass is 9.98. The summed E-state index contributed by atoms with van der Waals surface area (Å²) in [6, 6.07) is 50.3. The summed E-state index contributed by atoms with van der Waals surface area (Å²) in [4.78, 5) is 3.38. The molecule has 0 bridgehead atoms. The predicted molar refractivity (Wildman–Crippen MR) is 190 cm³/mol. The lowest BCUT2D eigenvalue weighted by molar-refractivity contribution is 0.560. The summed E-state index contributed by atoms with van der Waals surface area (Å²) < 4.78 is 2.42. The zero-order valence-electron chi connectivity index (χ0n) is 25.7. The summed E-state index contributed by atoms with van der Waals surface area (Å²) in [5.74, 6) is 0.699. The van der Waals surface area contributed by atoms with Crippen molar-refractivity contribution >= 4 is 43.6 Å². The summed E-state index contributed by atoms with van der Waals surface area (Å²) in [6.07, 6.45) is 2.33. The first-order valence-corrected chi connectivity index (χ1v) is 15.7. The van der Waals surface area contributed by atoms with Crippen LogP contribution in [0.25, 0.3) is 60.4 Å². The molecule has 2 heterocycles. The Morgan fingerprint density at radius 2 is 1.20 bits per heavy atom. The Balaban J connectivity index is 0.000000199. The van der Waals surface area contributed by atoms with Crippen molar-refractivity contribution in [3.05, 3.63) is 151 Å². The topological polar surface area (TPSA) is 20.7 Å². The van der Waals surface area contributed by atoms with Gasteiger partial charge in [0.1, 0.15) is 0 Å². The van der Waals surface area contributed by atoms with Crippen LogP contribution in [-0.2, 0) is 6.42 Å². The van der Waals surface area contributed by atoms with E-state index in [1.807, 2.05) is 0 Å². The number of fused-ring (bicyclic) bond motifs is 6. The number of nitrogens with one attached hydrogen (secondary N) is 1. The van der Waals surface area contributed by atoms with Gasteiger partial charge in [-0.1, -0.05) is 123 Å². The van der Waals surface area contributed by atoms with Gasteiger partial charge in [0.15, 0.2) is 0 Å². The Bertz CT molecular complexity index is 2180. The Morgan fingerprint density at radius 3 is 1.93 bits per heavy atom. The molecule has 0 aliphatic rings. The molecule has 44 heavy (non-hydrogen) atoms. The van der Waals surface area contributed by atoms with Crippen LogP contribution < -0.4 is 0 Å². The number of H-pyrrole nitrogens is 1. The Kier molecular flexibility index (Phi) is 7.50. The number of aryl methyl sites for hydroxylation is 1. The lowest BCUT2D eigenvalue weighted by Gasteiger charge is -2.12. The van der Waals surface area contributed by atoms with Gasteiger partial charge in [0.25, 0.3) is 0 Å². The molecule has 0 aliphatic heterocycles. The molecule has 0 saturated heterocycles. The molecule has 0 fully saturated rings. The molecule has 0 amide bonds. The van der Waals surface area contributed by atoms with Gasteiger partial charge in [-0.2, -0.15) is 0 Å². The van der Waals surface area contributed by atoms with E-state index in [2.05, 4.69) is 170 Å². The molecular formula is C42H38N2. The van der Waals surface area contributed by atoms with Gasteiger partial charge in [0.05, 0.1) is 11.0 Å². The van der Waals surface area contributed by atoms with E-state index in [1.54, 1.807) is 0 Å². The second kappa shape index (κ2) is 11.9. The highest BCUT2D eigenvalue weighted by Gasteiger charge is 2.14. The van der Waals surface area contributed by atoms with Crippen molar-refractivity contribution in [2.75, 3.05) is 0 Å². The fraction of sp³-hybridized carbons (Fsp3) is 0.143. The van der Waals surface area contributed by atoms with E-state index in [0.717, 1.165) is 6.42 Å².